The second-order valence-corrected chi connectivity index (χ2v) is 6.22. The van der Waals surface area contributed by atoms with E-state index in [1.165, 1.54) is 5.56 Å². The first-order chi connectivity index (χ1) is 12.7. The van der Waals surface area contributed by atoms with Gasteiger partial charge in [-0.25, -0.2) is 0 Å². The predicted molar refractivity (Wildman–Crippen MR) is 103 cm³/mol. The van der Waals surface area contributed by atoms with Gasteiger partial charge in [0.25, 0.3) is 0 Å². The minimum atomic E-state index is -0.608. The van der Waals surface area contributed by atoms with E-state index in [1.54, 1.807) is 0 Å². The molecule has 0 atom stereocenters. The largest absolute Gasteiger partial charge is 0.361 e. The van der Waals surface area contributed by atoms with E-state index >= 15 is 0 Å². The van der Waals surface area contributed by atoms with E-state index in [2.05, 4.69) is 22.5 Å². The molecule has 0 aliphatic carbocycles. The van der Waals surface area contributed by atoms with E-state index < -0.39 is 11.8 Å². The normalized spacial score (nSPS) is 10.7. The van der Waals surface area contributed by atoms with E-state index in [0.29, 0.717) is 19.5 Å². The van der Waals surface area contributed by atoms with Crippen molar-refractivity contribution in [2.75, 3.05) is 6.54 Å². The van der Waals surface area contributed by atoms with E-state index in [9.17, 15) is 9.59 Å². The summed E-state index contributed by atoms with van der Waals surface area (Å²) in [4.78, 5) is 27.0. The summed E-state index contributed by atoms with van der Waals surface area (Å²) >= 11 is 0. The molecule has 3 N–H and O–H groups in total. The van der Waals surface area contributed by atoms with E-state index in [-0.39, 0.29) is 0 Å². The first kappa shape index (κ1) is 17.7. The number of nitrogens with one attached hydrogen (secondary N) is 3. The summed E-state index contributed by atoms with van der Waals surface area (Å²) in [6.07, 6.45) is 3.59. The molecule has 3 rings (SSSR count). The molecule has 0 bridgehead atoms. The molecule has 1 heterocycles. The van der Waals surface area contributed by atoms with Crippen LogP contribution in [0.4, 0.5) is 0 Å². The Kier molecular flexibility index (Phi) is 5.69. The maximum absolute atomic E-state index is 11.9. The third-order valence-electron chi connectivity index (χ3n) is 4.45. The number of aromatic nitrogens is 1. The van der Waals surface area contributed by atoms with Crippen LogP contribution in [0.5, 0.6) is 0 Å². The summed E-state index contributed by atoms with van der Waals surface area (Å²) in [5.74, 6) is -1.21. The molecule has 2 amide bonds. The Balaban J connectivity index is 1.44. The van der Waals surface area contributed by atoms with Crippen LogP contribution in [0.15, 0.2) is 54.7 Å². The standard InChI is InChI=1S/C21H23N3O2/c1-2-15-7-9-16(10-8-15)13-24-21(26)20(25)22-12-11-17-14-23-19-6-4-3-5-18(17)19/h3-10,14,23H,2,11-13H2,1H3,(H,22,25)(H,24,26). The lowest BCUT2D eigenvalue weighted by atomic mass is 10.1. The number of hydrogen-bond donors (Lipinski definition) is 3. The Morgan fingerprint density at radius 2 is 1.62 bits per heavy atom. The van der Waals surface area contributed by atoms with Crippen molar-refractivity contribution in [3.8, 4) is 0 Å². The van der Waals surface area contributed by atoms with Crippen LogP contribution >= 0.6 is 0 Å². The highest BCUT2D eigenvalue weighted by atomic mass is 16.2. The lowest BCUT2D eigenvalue weighted by Crippen LogP contribution is -2.40. The summed E-state index contributed by atoms with van der Waals surface area (Å²) in [5, 5.41) is 6.47. The Bertz CT molecular complexity index is 897. The van der Waals surface area contributed by atoms with Gasteiger partial charge in [0.05, 0.1) is 0 Å². The highest BCUT2D eigenvalue weighted by molar-refractivity contribution is 6.35. The maximum atomic E-state index is 11.9. The Morgan fingerprint density at radius 1 is 0.923 bits per heavy atom. The van der Waals surface area contributed by atoms with Gasteiger partial charge >= 0.3 is 11.8 Å². The van der Waals surface area contributed by atoms with Gasteiger partial charge < -0.3 is 15.6 Å². The van der Waals surface area contributed by atoms with Crippen LogP contribution in [0.3, 0.4) is 0 Å². The highest BCUT2D eigenvalue weighted by Crippen LogP contribution is 2.17. The third-order valence-corrected chi connectivity index (χ3v) is 4.45. The Morgan fingerprint density at radius 3 is 2.38 bits per heavy atom. The van der Waals surface area contributed by atoms with Crippen molar-refractivity contribution in [3.63, 3.8) is 0 Å². The fraction of sp³-hybridized carbons (Fsp3) is 0.238. The molecule has 0 saturated heterocycles. The Hall–Kier alpha value is -3.08. The number of H-pyrrole nitrogens is 1. The smallest absolute Gasteiger partial charge is 0.309 e. The van der Waals surface area contributed by atoms with Crippen LogP contribution in [0.1, 0.15) is 23.6 Å². The van der Waals surface area contributed by atoms with E-state index in [4.69, 9.17) is 0 Å². The molecule has 0 spiro atoms. The molecule has 1 aromatic heterocycles. The van der Waals surface area contributed by atoms with Crippen LogP contribution in [0.25, 0.3) is 10.9 Å². The van der Waals surface area contributed by atoms with Gasteiger partial charge in [-0.1, -0.05) is 49.4 Å². The molecule has 26 heavy (non-hydrogen) atoms. The van der Waals surface area contributed by atoms with Crippen molar-refractivity contribution in [1.82, 2.24) is 15.6 Å². The number of para-hydroxylation sites is 1. The minimum Gasteiger partial charge on any atom is -0.361 e. The van der Waals surface area contributed by atoms with Gasteiger partial charge in [-0.2, -0.15) is 0 Å². The Labute approximate surface area is 152 Å². The van der Waals surface area contributed by atoms with Gasteiger partial charge in [0.15, 0.2) is 0 Å². The fourth-order valence-electron chi connectivity index (χ4n) is 2.88. The third kappa shape index (κ3) is 4.30. The lowest BCUT2D eigenvalue weighted by molar-refractivity contribution is -0.139. The monoisotopic (exact) mass is 349 g/mol. The first-order valence-electron chi connectivity index (χ1n) is 8.86. The van der Waals surface area contributed by atoms with Crippen molar-refractivity contribution in [2.24, 2.45) is 0 Å². The predicted octanol–water partition coefficient (Wildman–Crippen LogP) is 2.71. The number of aryl methyl sites for hydroxylation is 1. The summed E-state index contributed by atoms with van der Waals surface area (Å²) < 4.78 is 0. The molecular formula is C21H23N3O2. The molecule has 0 unspecified atom stereocenters. The van der Waals surface area contributed by atoms with Gasteiger partial charge in [-0.05, 0) is 35.6 Å². The molecule has 134 valence electrons. The summed E-state index contributed by atoms with van der Waals surface area (Å²) in [6.45, 7) is 2.86. The van der Waals surface area contributed by atoms with Crippen LogP contribution in [0.2, 0.25) is 0 Å². The molecule has 5 heteroatoms. The molecule has 0 aliphatic heterocycles. The number of amides is 2. The van der Waals surface area contributed by atoms with Crippen LogP contribution in [0, 0.1) is 0 Å². The fourth-order valence-corrected chi connectivity index (χ4v) is 2.88. The van der Waals surface area contributed by atoms with E-state index in [0.717, 1.165) is 28.5 Å². The average molecular weight is 349 g/mol. The number of aromatic amines is 1. The zero-order chi connectivity index (χ0) is 18.4. The summed E-state index contributed by atoms with van der Waals surface area (Å²) in [7, 11) is 0. The van der Waals surface area contributed by atoms with Crippen molar-refractivity contribution < 1.29 is 9.59 Å². The molecule has 2 aromatic carbocycles. The molecule has 0 fully saturated rings. The zero-order valence-electron chi connectivity index (χ0n) is 14.8. The highest BCUT2D eigenvalue weighted by Gasteiger charge is 2.12. The first-order valence-corrected chi connectivity index (χ1v) is 8.86. The van der Waals surface area contributed by atoms with Crippen molar-refractivity contribution >= 4 is 22.7 Å². The molecule has 0 saturated carbocycles. The summed E-state index contributed by atoms with van der Waals surface area (Å²) in [5.41, 5.74) is 4.41. The van der Waals surface area contributed by atoms with Crippen molar-refractivity contribution in [3.05, 3.63) is 71.4 Å². The lowest BCUT2D eigenvalue weighted by Gasteiger charge is -2.07. The maximum Gasteiger partial charge on any atom is 0.309 e. The second-order valence-electron chi connectivity index (χ2n) is 6.22. The van der Waals surface area contributed by atoms with Gasteiger partial charge in [-0.3, -0.25) is 9.59 Å². The van der Waals surface area contributed by atoms with E-state index in [1.807, 2.05) is 54.7 Å². The topological polar surface area (TPSA) is 74.0 Å². The number of carbonyl (C=O) groups excluding carboxylic acids is 2. The van der Waals surface area contributed by atoms with Gasteiger partial charge in [0.2, 0.25) is 0 Å². The quantitative estimate of drug-likeness (QED) is 0.599. The van der Waals surface area contributed by atoms with Crippen molar-refractivity contribution in [1.29, 1.82) is 0 Å². The number of rotatable bonds is 6. The molecule has 0 aliphatic rings. The SMILES string of the molecule is CCc1ccc(CNC(=O)C(=O)NCCc2c[nH]c3ccccc23)cc1. The van der Waals surface area contributed by atoms with Gasteiger partial charge in [0, 0.05) is 30.2 Å². The molecule has 0 radical (unpaired) electrons. The van der Waals surface area contributed by atoms with Crippen LogP contribution in [-0.4, -0.2) is 23.3 Å². The van der Waals surface area contributed by atoms with Crippen LogP contribution in [-0.2, 0) is 29.0 Å². The molecule has 5 nitrogen and oxygen atoms in total. The minimum absolute atomic E-state index is 0.346. The number of hydrogen-bond acceptors (Lipinski definition) is 2. The number of fused-ring (bicyclic) bond motifs is 1. The number of benzene rings is 2. The molecule has 3 aromatic rings. The molecular weight excluding hydrogens is 326 g/mol. The van der Waals surface area contributed by atoms with Gasteiger partial charge in [0.1, 0.15) is 0 Å². The number of carbonyl (C=O) groups is 2. The zero-order valence-corrected chi connectivity index (χ0v) is 14.8. The average Bonchev–Trinajstić information content (AvgIpc) is 3.09. The second kappa shape index (κ2) is 8.34. The van der Waals surface area contributed by atoms with Crippen LogP contribution < -0.4 is 10.6 Å². The van der Waals surface area contributed by atoms with Gasteiger partial charge in [-0.15, -0.1) is 0 Å². The summed E-state index contributed by atoms with van der Waals surface area (Å²) in [6, 6.07) is 16.0. The van der Waals surface area contributed by atoms with Crippen molar-refractivity contribution in [2.45, 2.75) is 26.3 Å².